The van der Waals surface area contributed by atoms with E-state index in [-0.39, 0.29) is 0 Å². The topological polar surface area (TPSA) is 39.2 Å². The van der Waals surface area contributed by atoms with Crippen molar-refractivity contribution in [3.05, 3.63) is 140 Å². The molecule has 0 radical (unpaired) electrons. The number of hydrogen-bond donors (Lipinski definition) is 0. The average Bonchev–Trinajstić information content (AvgIpc) is 3.62. The molecule has 6 aromatic rings. The molecule has 0 aliphatic carbocycles. The fourth-order valence-electron chi connectivity index (χ4n) is 3.58. The molecular formula is C31H23NO2. The van der Waals surface area contributed by atoms with Crippen molar-refractivity contribution >= 4 is 0 Å². The average molecular weight is 442 g/mol. The van der Waals surface area contributed by atoms with Crippen molar-refractivity contribution in [2.24, 2.45) is 0 Å². The summed E-state index contributed by atoms with van der Waals surface area (Å²) < 4.78 is 11.3. The van der Waals surface area contributed by atoms with Crippen LogP contribution in [0.25, 0.3) is 45.4 Å². The minimum Gasteiger partial charge on any atom is -0.456 e. The maximum absolute atomic E-state index is 5.86. The molecule has 2 aromatic heterocycles. The third-order valence-electron chi connectivity index (χ3n) is 5.32. The highest BCUT2D eigenvalue weighted by Gasteiger charge is 2.07. The van der Waals surface area contributed by atoms with Crippen molar-refractivity contribution in [3.63, 3.8) is 0 Å². The van der Waals surface area contributed by atoms with Crippen molar-refractivity contribution in [1.29, 1.82) is 0 Å². The van der Waals surface area contributed by atoms with Crippen LogP contribution < -0.4 is 0 Å². The Hall–Kier alpha value is -4.63. The summed E-state index contributed by atoms with van der Waals surface area (Å²) in [5.74, 6) is 2.47. The Balaban J connectivity index is 0.000000142. The summed E-state index contributed by atoms with van der Waals surface area (Å²) in [5, 5.41) is 0. The molecule has 0 spiro atoms. The molecule has 3 nitrogen and oxygen atoms in total. The van der Waals surface area contributed by atoms with Crippen LogP contribution in [0.15, 0.2) is 149 Å². The number of furan rings is 1. The van der Waals surface area contributed by atoms with Gasteiger partial charge in [-0.25, -0.2) is 4.98 Å². The molecule has 0 aliphatic heterocycles. The van der Waals surface area contributed by atoms with Gasteiger partial charge < -0.3 is 8.83 Å². The standard InChI is InChI=1S/C16H12O.C15H11NO/c1-3-7-13(8-4-1)15-11-12-16(17-15)14-9-5-2-6-10-14;1-3-7-12(8-4-1)14-11-17-15(16-14)13-9-5-2-6-10-13/h1-12H;1-11H. The molecule has 164 valence electrons. The summed E-state index contributed by atoms with van der Waals surface area (Å²) in [7, 11) is 0. The van der Waals surface area contributed by atoms with E-state index in [9.17, 15) is 0 Å². The minimum absolute atomic E-state index is 0.657. The first kappa shape index (κ1) is 21.2. The molecule has 3 heteroatoms. The van der Waals surface area contributed by atoms with E-state index in [0.717, 1.165) is 39.5 Å². The number of nitrogens with zero attached hydrogens (tertiary/aromatic N) is 1. The molecule has 0 fully saturated rings. The predicted molar refractivity (Wildman–Crippen MR) is 137 cm³/mol. The quantitative estimate of drug-likeness (QED) is 0.275. The van der Waals surface area contributed by atoms with Crippen molar-refractivity contribution in [3.8, 4) is 45.4 Å². The summed E-state index contributed by atoms with van der Waals surface area (Å²) in [6.07, 6.45) is 1.69. The van der Waals surface area contributed by atoms with E-state index in [2.05, 4.69) is 4.98 Å². The van der Waals surface area contributed by atoms with Crippen molar-refractivity contribution < 1.29 is 8.83 Å². The van der Waals surface area contributed by atoms with E-state index in [0.29, 0.717) is 5.89 Å². The van der Waals surface area contributed by atoms with E-state index in [4.69, 9.17) is 8.83 Å². The first-order valence-electron chi connectivity index (χ1n) is 11.1. The van der Waals surface area contributed by atoms with Crippen LogP contribution in [0.5, 0.6) is 0 Å². The van der Waals surface area contributed by atoms with E-state index >= 15 is 0 Å². The lowest BCUT2D eigenvalue weighted by atomic mass is 10.2. The molecule has 0 saturated heterocycles. The lowest BCUT2D eigenvalue weighted by Gasteiger charge is -1.97. The number of oxazole rings is 1. The van der Waals surface area contributed by atoms with Crippen LogP contribution in [0.4, 0.5) is 0 Å². The third-order valence-corrected chi connectivity index (χ3v) is 5.32. The monoisotopic (exact) mass is 441 g/mol. The van der Waals surface area contributed by atoms with Crippen LogP contribution in [-0.4, -0.2) is 4.98 Å². The fraction of sp³-hybridized carbons (Fsp3) is 0. The largest absolute Gasteiger partial charge is 0.456 e. The van der Waals surface area contributed by atoms with Gasteiger partial charge in [-0.2, -0.15) is 0 Å². The van der Waals surface area contributed by atoms with Gasteiger partial charge in [0.25, 0.3) is 0 Å². The summed E-state index contributed by atoms with van der Waals surface area (Å²) >= 11 is 0. The Labute approximate surface area is 199 Å². The van der Waals surface area contributed by atoms with Crippen LogP contribution in [-0.2, 0) is 0 Å². The second kappa shape index (κ2) is 10.3. The van der Waals surface area contributed by atoms with E-state index < -0.39 is 0 Å². The maximum Gasteiger partial charge on any atom is 0.226 e. The van der Waals surface area contributed by atoms with Crippen LogP contribution in [0, 0.1) is 0 Å². The molecule has 0 amide bonds. The Bertz CT molecular complexity index is 1200. The normalized spacial score (nSPS) is 10.4. The third kappa shape index (κ3) is 5.05. The molecule has 2 heterocycles. The molecule has 0 saturated carbocycles. The number of benzene rings is 4. The van der Waals surface area contributed by atoms with Crippen LogP contribution in [0.1, 0.15) is 0 Å². The van der Waals surface area contributed by atoms with Gasteiger partial charge in [-0.05, 0) is 24.3 Å². The Morgan fingerprint density at radius 1 is 0.412 bits per heavy atom. The van der Waals surface area contributed by atoms with E-state index in [1.807, 2.05) is 133 Å². The van der Waals surface area contributed by atoms with Crippen LogP contribution in [0.3, 0.4) is 0 Å². The molecule has 0 atom stereocenters. The summed E-state index contributed by atoms with van der Waals surface area (Å²) in [4.78, 5) is 4.48. The number of hydrogen-bond acceptors (Lipinski definition) is 3. The van der Waals surface area contributed by atoms with Gasteiger partial charge >= 0.3 is 0 Å². The molecule has 6 rings (SSSR count). The van der Waals surface area contributed by atoms with Crippen LogP contribution >= 0.6 is 0 Å². The maximum atomic E-state index is 5.86. The second-order valence-corrected chi connectivity index (χ2v) is 7.67. The predicted octanol–water partition coefficient (Wildman–Crippen LogP) is 8.62. The van der Waals surface area contributed by atoms with Gasteiger partial charge in [0, 0.05) is 22.3 Å². The van der Waals surface area contributed by atoms with Crippen molar-refractivity contribution in [2.75, 3.05) is 0 Å². The Morgan fingerprint density at radius 2 is 0.824 bits per heavy atom. The van der Waals surface area contributed by atoms with Gasteiger partial charge in [-0.15, -0.1) is 0 Å². The smallest absolute Gasteiger partial charge is 0.226 e. The van der Waals surface area contributed by atoms with Gasteiger partial charge in [0.15, 0.2) is 0 Å². The Morgan fingerprint density at radius 3 is 1.29 bits per heavy atom. The lowest BCUT2D eigenvalue weighted by Crippen LogP contribution is -1.78. The van der Waals surface area contributed by atoms with Crippen molar-refractivity contribution in [2.45, 2.75) is 0 Å². The summed E-state index contributed by atoms with van der Waals surface area (Å²) in [6.45, 7) is 0. The zero-order valence-corrected chi connectivity index (χ0v) is 18.5. The molecule has 0 aliphatic rings. The zero-order valence-electron chi connectivity index (χ0n) is 18.5. The number of aromatic nitrogens is 1. The highest BCUT2D eigenvalue weighted by atomic mass is 16.3. The van der Waals surface area contributed by atoms with Crippen LogP contribution in [0.2, 0.25) is 0 Å². The van der Waals surface area contributed by atoms with Crippen molar-refractivity contribution in [1.82, 2.24) is 4.98 Å². The van der Waals surface area contributed by atoms with Gasteiger partial charge in [0.2, 0.25) is 5.89 Å². The molecule has 0 N–H and O–H groups in total. The van der Waals surface area contributed by atoms with E-state index in [1.54, 1.807) is 6.26 Å². The first-order valence-corrected chi connectivity index (χ1v) is 11.1. The lowest BCUT2D eigenvalue weighted by molar-refractivity contribution is 0.575. The minimum atomic E-state index is 0.657. The highest BCUT2D eigenvalue weighted by Crippen LogP contribution is 2.28. The number of rotatable bonds is 4. The highest BCUT2D eigenvalue weighted by molar-refractivity contribution is 5.65. The molecular weight excluding hydrogens is 418 g/mol. The molecule has 0 unspecified atom stereocenters. The van der Waals surface area contributed by atoms with Gasteiger partial charge in [0.05, 0.1) is 0 Å². The fourth-order valence-corrected chi connectivity index (χ4v) is 3.58. The zero-order chi connectivity index (χ0) is 23.0. The molecule has 4 aromatic carbocycles. The van der Waals surface area contributed by atoms with E-state index in [1.165, 1.54) is 0 Å². The van der Waals surface area contributed by atoms with Gasteiger partial charge in [-0.1, -0.05) is 109 Å². The molecule has 34 heavy (non-hydrogen) atoms. The molecule has 0 bridgehead atoms. The summed E-state index contributed by atoms with van der Waals surface area (Å²) in [6, 6.07) is 44.2. The van der Waals surface area contributed by atoms with Gasteiger partial charge in [0.1, 0.15) is 23.5 Å². The van der Waals surface area contributed by atoms with Gasteiger partial charge in [-0.3, -0.25) is 0 Å². The Kier molecular flexibility index (Phi) is 6.45. The second-order valence-electron chi connectivity index (χ2n) is 7.67. The SMILES string of the molecule is c1ccc(-c2ccc(-c3ccccc3)o2)cc1.c1ccc(-c2coc(-c3ccccc3)n2)cc1. The first-order chi connectivity index (χ1) is 16.9. The summed E-state index contributed by atoms with van der Waals surface area (Å²) in [5.41, 5.74) is 5.14.